The van der Waals surface area contributed by atoms with Crippen molar-refractivity contribution >= 4 is 40.2 Å². The van der Waals surface area contributed by atoms with Crippen molar-refractivity contribution in [1.82, 2.24) is 20.0 Å². The van der Waals surface area contributed by atoms with Gasteiger partial charge in [-0.3, -0.25) is 19.1 Å². The molecular weight excluding hydrogens is 477 g/mol. The first-order chi connectivity index (χ1) is 16.8. The number of carbonyl (C=O) groups excluding carboxylic acids is 3. The van der Waals surface area contributed by atoms with E-state index in [4.69, 9.17) is 17.3 Å². The summed E-state index contributed by atoms with van der Waals surface area (Å²) in [6.45, 7) is -0.690. The van der Waals surface area contributed by atoms with Gasteiger partial charge in [-0.2, -0.15) is 5.10 Å². The van der Waals surface area contributed by atoms with E-state index in [-0.39, 0.29) is 35.9 Å². The molecule has 11 heteroatoms. The molecule has 2 aromatic carbocycles. The van der Waals surface area contributed by atoms with Crippen molar-refractivity contribution in [3.05, 3.63) is 64.6 Å². The highest BCUT2D eigenvalue weighted by Gasteiger charge is 2.35. The second kappa shape index (κ2) is 10.4. The Morgan fingerprint density at radius 1 is 1.20 bits per heavy atom. The van der Waals surface area contributed by atoms with Gasteiger partial charge in [-0.1, -0.05) is 41.9 Å². The third kappa shape index (κ3) is 5.28. The van der Waals surface area contributed by atoms with Gasteiger partial charge in [-0.05, 0) is 31.4 Å². The summed E-state index contributed by atoms with van der Waals surface area (Å²) in [5.41, 5.74) is 6.24. The van der Waals surface area contributed by atoms with Crippen LogP contribution in [0.25, 0.3) is 10.9 Å². The number of aromatic nitrogens is 2. The van der Waals surface area contributed by atoms with E-state index in [1.54, 1.807) is 30.3 Å². The van der Waals surface area contributed by atoms with Crippen LogP contribution in [0.3, 0.4) is 0 Å². The van der Waals surface area contributed by atoms with Gasteiger partial charge in [0, 0.05) is 17.5 Å². The Kier molecular flexibility index (Phi) is 7.32. The van der Waals surface area contributed by atoms with Gasteiger partial charge in [-0.15, -0.1) is 0 Å². The molecule has 0 bridgehead atoms. The minimum absolute atomic E-state index is 0.0437. The van der Waals surface area contributed by atoms with Crippen LogP contribution in [0.5, 0.6) is 0 Å². The van der Waals surface area contributed by atoms with E-state index >= 15 is 0 Å². The Hall–Kier alpha value is -3.50. The minimum Gasteiger partial charge on any atom is -0.391 e. The molecule has 184 valence electrons. The van der Waals surface area contributed by atoms with Gasteiger partial charge >= 0.3 is 0 Å². The molecule has 9 nitrogen and oxygen atoms in total. The van der Waals surface area contributed by atoms with Crippen LogP contribution >= 0.6 is 11.6 Å². The lowest BCUT2D eigenvalue weighted by atomic mass is 10.1. The van der Waals surface area contributed by atoms with Crippen molar-refractivity contribution in [2.45, 2.75) is 44.5 Å². The molecule has 1 fully saturated rings. The topological polar surface area (TPSA) is 131 Å². The zero-order chi connectivity index (χ0) is 25.1. The second-order valence-electron chi connectivity index (χ2n) is 8.46. The van der Waals surface area contributed by atoms with Gasteiger partial charge in [0.2, 0.25) is 11.8 Å². The Labute approximate surface area is 205 Å². The average molecular weight is 502 g/mol. The van der Waals surface area contributed by atoms with E-state index < -0.39 is 35.7 Å². The molecule has 2 atom stereocenters. The Morgan fingerprint density at radius 3 is 2.69 bits per heavy atom. The number of nitrogens with two attached hydrogens (primary N) is 1. The summed E-state index contributed by atoms with van der Waals surface area (Å²) in [5, 5.41) is 17.7. The summed E-state index contributed by atoms with van der Waals surface area (Å²) in [6, 6.07) is 10.8. The number of aliphatic hydroxyl groups excluding tert-OH is 1. The maximum atomic E-state index is 14.1. The number of nitrogens with one attached hydrogen (secondary N) is 1. The Balaban J connectivity index is 1.52. The Bertz CT molecular complexity index is 1280. The number of para-hydroxylation sites is 1. The van der Waals surface area contributed by atoms with Crippen LogP contribution in [0, 0.1) is 5.82 Å². The first-order valence-corrected chi connectivity index (χ1v) is 11.6. The summed E-state index contributed by atoms with van der Waals surface area (Å²) in [6.07, 6.45) is 0.991. The van der Waals surface area contributed by atoms with E-state index in [0.29, 0.717) is 30.2 Å². The molecular formula is C24H25ClFN5O4. The van der Waals surface area contributed by atoms with Gasteiger partial charge in [0.1, 0.15) is 12.4 Å². The molecule has 3 amide bonds. The standard InChI is InChI=1S/C24H25ClFN5O4/c25-16-7-3-5-14(22(16)26)11-28-20(33)12-30(18-9-4-10-19(18)32)21(34)13-31-17-8-2-1-6-15(17)23(29-31)24(27)35/h1-3,5-8,18-19,32H,4,9-13H2,(H2,27,35)(H,28,33). The zero-order valence-corrected chi connectivity index (χ0v) is 19.5. The summed E-state index contributed by atoms with van der Waals surface area (Å²) in [7, 11) is 0. The summed E-state index contributed by atoms with van der Waals surface area (Å²) >= 11 is 5.79. The highest BCUT2D eigenvalue weighted by molar-refractivity contribution is 6.30. The molecule has 35 heavy (non-hydrogen) atoms. The maximum absolute atomic E-state index is 14.1. The van der Waals surface area contributed by atoms with Crippen LogP contribution in [0.2, 0.25) is 5.02 Å². The fraction of sp³-hybridized carbons (Fsp3) is 0.333. The zero-order valence-electron chi connectivity index (χ0n) is 18.8. The number of halogens is 2. The number of hydrogen-bond donors (Lipinski definition) is 3. The van der Waals surface area contributed by atoms with Crippen molar-refractivity contribution in [3.8, 4) is 0 Å². The fourth-order valence-electron chi connectivity index (χ4n) is 4.41. The molecule has 0 aliphatic heterocycles. The van der Waals surface area contributed by atoms with E-state index in [9.17, 15) is 23.9 Å². The molecule has 2 unspecified atom stereocenters. The van der Waals surface area contributed by atoms with Crippen LogP contribution in [0.4, 0.5) is 4.39 Å². The smallest absolute Gasteiger partial charge is 0.269 e. The predicted octanol–water partition coefficient (Wildman–Crippen LogP) is 1.99. The molecule has 1 aliphatic rings. The fourth-order valence-corrected chi connectivity index (χ4v) is 4.61. The summed E-state index contributed by atoms with van der Waals surface area (Å²) in [5.74, 6) is -2.31. The van der Waals surface area contributed by atoms with Crippen molar-refractivity contribution in [2.24, 2.45) is 5.73 Å². The van der Waals surface area contributed by atoms with E-state index in [1.807, 2.05) is 0 Å². The maximum Gasteiger partial charge on any atom is 0.269 e. The monoisotopic (exact) mass is 501 g/mol. The average Bonchev–Trinajstić information content (AvgIpc) is 3.42. The van der Waals surface area contributed by atoms with Gasteiger partial charge in [0.25, 0.3) is 5.91 Å². The third-order valence-electron chi connectivity index (χ3n) is 6.16. The van der Waals surface area contributed by atoms with Gasteiger partial charge in [-0.25, -0.2) is 4.39 Å². The molecule has 1 aliphatic carbocycles. The van der Waals surface area contributed by atoms with Gasteiger partial charge in [0.05, 0.1) is 29.2 Å². The van der Waals surface area contributed by atoms with Crippen LogP contribution in [0.1, 0.15) is 35.3 Å². The van der Waals surface area contributed by atoms with Gasteiger partial charge in [0.15, 0.2) is 5.69 Å². The number of nitrogens with zero attached hydrogens (tertiary/aromatic N) is 3. The number of primary amides is 1. The largest absolute Gasteiger partial charge is 0.391 e. The number of aliphatic hydroxyl groups is 1. The number of hydrogen-bond acceptors (Lipinski definition) is 5. The van der Waals surface area contributed by atoms with E-state index in [2.05, 4.69) is 10.4 Å². The molecule has 0 spiro atoms. The van der Waals surface area contributed by atoms with Crippen molar-refractivity contribution in [3.63, 3.8) is 0 Å². The van der Waals surface area contributed by atoms with Crippen LogP contribution in [-0.2, 0) is 22.7 Å². The molecule has 0 saturated heterocycles. The number of amides is 3. The highest BCUT2D eigenvalue weighted by atomic mass is 35.5. The lowest BCUT2D eigenvalue weighted by Crippen LogP contribution is -2.50. The van der Waals surface area contributed by atoms with Crippen molar-refractivity contribution in [2.75, 3.05) is 6.54 Å². The predicted molar refractivity (Wildman–Crippen MR) is 127 cm³/mol. The molecule has 1 heterocycles. The van der Waals surface area contributed by atoms with Crippen molar-refractivity contribution in [1.29, 1.82) is 0 Å². The summed E-state index contributed by atoms with van der Waals surface area (Å²) < 4.78 is 15.5. The van der Waals surface area contributed by atoms with E-state index in [1.165, 1.54) is 21.7 Å². The first kappa shape index (κ1) is 24.6. The minimum atomic E-state index is -0.771. The quantitative estimate of drug-likeness (QED) is 0.434. The number of rotatable bonds is 8. The van der Waals surface area contributed by atoms with Gasteiger partial charge < -0.3 is 21.1 Å². The molecule has 4 N–H and O–H groups in total. The first-order valence-electron chi connectivity index (χ1n) is 11.2. The SMILES string of the molecule is NC(=O)c1nn(CC(=O)N(CC(=O)NCc2cccc(Cl)c2F)C2CCCC2O)c2ccccc12. The third-order valence-corrected chi connectivity index (χ3v) is 6.45. The molecule has 4 rings (SSSR count). The number of fused-ring (bicyclic) bond motifs is 1. The van der Waals surface area contributed by atoms with Crippen LogP contribution < -0.4 is 11.1 Å². The molecule has 1 saturated carbocycles. The van der Waals surface area contributed by atoms with E-state index in [0.717, 1.165) is 0 Å². The molecule has 3 aromatic rings. The van der Waals surface area contributed by atoms with Crippen molar-refractivity contribution < 1.29 is 23.9 Å². The lowest BCUT2D eigenvalue weighted by Gasteiger charge is -2.30. The highest BCUT2D eigenvalue weighted by Crippen LogP contribution is 2.25. The second-order valence-corrected chi connectivity index (χ2v) is 8.87. The molecule has 1 aromatic heterocycles. The Morgan fingerprint density at radius 2 is 1.97 bits per heavy atom. The van der Waals surface area contributed by atoms with Crippen LogP contribution in [0.15, 0.2) is 42.5 Å². The number of benzene rings is 2. The summed E-state index contributed by atoms with van der Waals surface area (Å²) in [4.78, 5) is 39.2. The van der Waals surface area contributed by atoms with Crippen LogP contribution in [-0.4, -0.2) is 56.2 Å². The number of carbonyl (C=O) groups is 3. The normalized spacial score (nSPS) is 17.5. The lowest BCUT2D eigenvalue weighted by molar-refractivity contribution is -0.140. The molecule has 0 radical (unpaired) electrons.